The van der Waals surface area contributed by atoms with Crippen LogP contribution < -0.4 is 5.32 Å². The Kier molecular flexibility index (Phi) is 4.45. The lowest BCUT2D eigenvalue weighted by atomic mass is 10.1. The van der Waals surface area contributed by atoms with Crippen LogP contribution in [0.25, 0.3) is 5.52 Å². The van der Waals surface area contributed by atoms with E-state index < -0.39 is 0 Å². The smallest absolute Gasteiger partial charge is 0.259 e. The molecule has 3 aromatic rings. The Morgan fingerprint density at radius 2 is 1.92 bits per heavy atom. The second-order valence-electron chi connectivity index (χ2n) is 6.13. The van der Waals surface area contributed by atoms with Crippen molar-refractivity contribution in [1.29, 1.82) is 0 Å². The first-order valence-electron chi connectivity index (χ1n) is 8.42. The van der Waals surface area contributed by atoms with E-state index in [2.05, 4.69) is 27.4 Å². The van der Waals surface area contributed by atoms with Crippen molar-refractivity contribution >= 4 is 17.1 Å². The number of rotatable bonds is 4. The molecule has 3 heterocycles. The first kappa shape index (κ1) is 15.8. The third-order valence-electron chi connectivity index (χ3n) is 4.39. The zero-order valence-corrected chi connectivity index (χ0v) is 13.9. The minimum atomic E-state index is -0.151. The summed E-state index contributed by atoms with van der Waals surface area (Å²) in [5, 5.41) is 7.14. The fourth-order valence-corrected chi connectivity index (χ4v) is 3.02. The van der Waals surface area contributed by atoms with Crippen LogP contribution in [0.1, 0.15) is 15.9 Å². The number of carbonyl (C=O) groups is 1. The first-order valence-corrected chi connectivity index (χ1v) is 8.42. The molecule has 0 spiro atoms. The molecule has 0 saturated carbocycles. The molecule has 2 aromatic heterocycles. The van der Waals surface area contributed by atoms with Crippen LogP contribution in [0.5, 0.6) is 0 Å². The van der Waals surface area contributed by atoms with E-state index in [-0.39, 0.29) is 5.91 Å². The second-order valence-corrected chi connectivity index (χ2v) is 6.13. The summed E-state index contributed by atoms with van der Waals surface area (Å²) in [6, 6.07) is 13.7. The molecular formula is C19H20N4O2. The zero-order valence-electron chi connectivity index (χ0n) is 13.9. The first-order chi connectivity index (χ1) is 12.3. The van der Waals surface area contributed by atoms with Gasteiger partial charge in [-0.3, -0.25) is 9.69 Å². The summed E-state index contributed by atoms with van der Waals surface area (Å²) < 4.78 is 7.06. The second kappa shape index (κ2) is 7.04. The molecule has 1 aliphatic rings. The molecule has 1 fully saturated rings. The summed E-state index contributed by atoms with van der Waals surface area (Å²) in [6.45, 7) is 4.44. The topological polar surface area (TPSA) is 58.9 Å². The van der Waals surface area contributed by atoms with Gasteiger partial charge in [-0.1, -0.05) is 18.2 Å². The van der Waals surface area contributed by atoms with Crippen molar-refractivity contribution in [2.45, 2.75) is 6.54 Å². The molecule has 0 radical (unpaired) electrons. The zero-order chi connectivity index (χ0) is 17.1. The fraction of sp³-hybridized carbons (Fsp3) is 0.263. The summed E-state index contributed by atoms with van der Waals surface area (Å²) in [5.41, 5.74) is 3.38. The van der Waals surface area contributed by atoms with Crippen molar-refractivity contribution in [3.8, 4) is 0 Å². The predicted molar refractivity (Wildman–Crippen MR) is 95.7 cm³/mol. The third-order valence-corrected chi connectivity index (χ3v) is 4.39. The van der Waals surface area contributed by atoms with E-state index in [1.165, 1.54) is 5.56 Å². The van der Waals surface area contributed by atoms with Gasteiger partial charge >= 0.3 is 0 Å². The number of amides is 1. The molecule has 128 valence electrons. The Morgan fingerprint density at radius 3 is 2.72 bits per heavy atom. The number of nitrogens with zero attached hydrogens (tertiary/aromatic N) is 3. The van der Waals surface area contributed by atoms with Gasteiger partial charge in [-0.15, -0.1) is 0 Å². The summed E-state index contributed by atoms with van der Waals surface area (Å²) in [4.78, 5) is 14.9. The quantitative estimate of drug-likeness (QED) is 0.795. The molecule has 1 aromatic carbocycles. The van der Waals surface area contributed by atoms with Gasteiger partial charge < -0.3 is 10.1 Å². The van der Waals surface area contributed by atoms with Crippen molar-refractivity contribution in [3.05, 3.63) is 66.0 Å². The van der Waals surface area contributed by atoms with Crippen molar-refractivity contribution in [2.24, 2.45) is 0 Å². The van der Waals surface area contributed by atoms with E-state index in [4.69, 9.17) is 4.74 Å². The van der Waals surface area contributed by atoms with Gasteiger partial charge in [-0.25, -0.2) is 4.52 Å². The standard InChI is InChI=1S/C19H20N4O2/c24-19(17-13-20-23-8-2-1-3-18(17)23)21-16-6-4-15(5-7-16)14-22-9-11-25-12-10-22/h1-8,13H,9-12,14H2,(H,21,24). The average Bonchev–Trinajstić information content (AvgIpc) is 3.08. The molecule has 25 heavy (non-hydrogen) atoms. The normalized spacial score (nSPS) is 15.4. The van der Waals surface area contributed by atoms with Crippen LogP contribution in [-0.4, -0.2) is 46.7 Å². The highest BCUT2D eigenvalue weighted by Crippen LogP contribution is 2.16. The number of hydrogen-bond acceptors (Lipinski definition) is 4. The van der Waals surface area contributed by atoms with Gasteiger partial charge in [0.15, 0.2) is 0 Å². The van der Waals surface area contributed by atoms with E-state index in [1.54, 1.807) is 10.7 Å². The lowest BCUT2D eigenvalue weighted by Crippen LogP contribution is -2.35. The minimum absolute atomic E-state index is 0.151. The predicted octanol–water partition coefficient (Wildman–Crippen LogP) is 2.42. The van der Waals surface area contributed by atoms with Crippen LogP contribution in [0.4, 0.5) is 5.69 Å². The number of hydrogen-bond donors (Lipinski definition) is 1. The Balaban J connectivity index is 1.43. The number of ether oxygens (including phenoxy) is 1. The van der Waals surface area contributed by atoms with Crippen LogP contribution in [-0.2, 0) is 11.3 Å². The molecule has 1 N–H and O–H groups in total. The maximum absolute atomic E-state index is 12.5. The van der Waals surface area contributed by atoms with Crippen LogP contribution in [0, 0.1) is 0 Å². The average molecular weight is 336 g/mol. The Hall–Kier alpha value is -2.70. The summed E-state index contributed by atoms with van der Waals surface area (Å²) in [6.07, 6.45) is 3.42. The van der Waals surface area contributed by atoms with Crippen LogP contribution in [0.15, 0.2) is 54.9 Å². The number of nitrogens with one attached hydrogen (secondary N) is 1. The van der Waals surface area contributed by atoms with Crippen LogP contribution in [0.3, 0.4) is 0 Å². The molecular weight excluding hydrogens is 316 g/mol. The fourth-order valence-electron chi connectivity index (χ4n) is 3.02. The largest absolute Gasteiger partial charge is 0.379 e. The van der Waals surface area contributed by atoms with Crippen molar-refractivity contribution in [2.75, 3.05) is 31.6 Å². The minimum Gasteiger partial charge on any atom is -0.379 e. The van der Waals surface area contributed by atoms with Gasteiger partial charge in [0.05, 0.1) is 30.5 Å². The number of pyridine rings is 1. The van der Waals surface area contributed by atoms with Gasteiger partial charge in [0.25, 0.3) is 5.91 Å². The molecule has 1 aliphatic heterocycles. The highest BCUT2D eigenvalue weighted by Gasteiger charge is 2.13. The molecule has 0 bridgehead atoms. The van der Waals surface area contributed by atoms with Gasteiger partial charge in [0.2, 0.25) is 0 Å². The van der Waals surface area contributed by atoms with Gasteiger partial charge in [-0.2, -0.15) is 5.10 Å². The molecule has 6 nitrogen and oxygen atoms in total. The van der Waals surface area contributed by atoms with Crippen LogP contribution >= 0.6 is 0 Å². The molecule has 0 atom stereocenters. The van der Waals surface area contributed by atoms with E-state index in [1.807, 2.05) is 36.5 Å². The molecule has 0 aliphatic carbocycles. The lowest BCUT2D eigenvalue weighted by molar-refractivity contribution is 0.0342. The molecule has 4 rings (SSSR count). The van der Waals surface area contributed by atoms with Crippen molar-refractivity contribution in [1.82, 2.24) is 14.5 Å². The van der Waals surface area contributed by atoms with E-state index in [0.717, 1.165) is 44.1 Å². The Labute approximate surface area is 146 Å². The maximum atomic E-state index is 12.5. The lowest BCUT2D eigenvalue weighted by Gasteiger charge is -2.26. The van der Waals surface area contributed by atoms with E-state index >= 15 is 0 Å². The molecule has 1 amide bonds. The molecule has 6 heteroatoms. The number of carbonyl (C=O) groups excluding carboxylic acids is 1. The monoisotopic (exact) mass is 336 g/mol. The van der Waals surface area contributed by atoms with E-state index in [9.17, 15) is 4.79 Å². The summed E-state index contributed by atoms with van der Waals surface area (Å²) in [7, 11) is 0. The van der Waals surface area contributed by atoms with Gasteiger partial charge in [0.1, 0.15) is 0 Å². The summed E-state index contributed by atoms with van der Waals surface area (Å²) in [5.74, 6) is -0.151. The number of aromatic nitrogens is 2. The number of fused-ring (bicyclic) bond motifs is 1. The highest BCUT2D eigenvalue weighted by atomic mass is 16.5. The summed E-state index contributed by atoms with van der Waals surface area (Å²) >= 11 is 0. The van der Waals surface area contributed by atoms with E-state index in [0.29, 0.717) is 5.56 Å². The van der Waals surface area contributed by atoms with Crippen molar-refractivity contribution < 1.29 is 9.53 Å². The number of anilines is 1. The van der Waals surface area contributed by atoms with Gasteiger partial charge in [-0.05, 0) is 29.8 Å². The van der Waals surface area contributed by atoms with Crippen molar-refractivity contribution in [3.63, 3.8) is 0 Å². The SMILES string of the molecule is O=C(Nc1ccc(CN2CCOCC2)cc1)c1cnn2ccccc12. The molecule has 0 unspecified atom stereocenters. The highest BCUT2D eigenvalue weighted by molar-refractivity contribution is 6.08. The Morgan fingerprint density at radius 1 is 1.12 bits per heavy atom. The maximum Gasteiger partial charge on any atom is 0.259 e. The Bertz CT molecular complexity index is 867. The number of benzene rings is 1. The number of morpholine rings is 1. The third kappa shape index (κ3) is 3.55. The van der Waals surface area contributed by atoms with Gasteiger partial charge in [0, 0.05) is 31.5 Å². The van der Waals surface area contributed by atoms with Crippen LogP contribution in [0.2, 0.25) is 0 Å². The molecule has 1 saturated heterocycles.